The molecule has 4 rings (SSSR count). The van der Waals surface area contributed by atoms with Gasteiger partial charge in [0.05, 0.1) is 12.1 Å². The van der Waals surface area contributed by atoms with Gasteiger partial charge >= 0.3 is 0 Å². The van der Waals surface area contributed by atoms with Crippen LogP contribution in [0.4, 0.5) is 0 Å². The maximum atomic E-state index is 12.8. The fourth-order valence-corrected chi connectivity index (χ4v) is 5.23. The Hall–Kier alpha value is -1.66. The first-order valence-electron chi connectivity index (χ1n) is 10.7. The second-order valence-corrected chi connectivity index (χ2v) is 9.13. The normalized spacial score (nSPS) is 19.7. The number of hydrogen-bond donors (Lipinski definition) is 0. The van der Waals surface area contributed by atoms with Gasteiger partial charge in [0.1, 0.15) is 5.76 Å². The van der Waals surface area contributed by atoms with Crippen LogP contribution in [0.15, 0.2) is 21.9 Å². The zero-order valence-corrected chi connectivity index (χ0v) is 17.7. The van der Waals surface area contributed by atoms with E-state index in [2.05, 4.69) is 9.88 Å². The van der Waals surface area contributed by atoms with Crippen LogP contribution >= 0.6 is 11.3 Å². The Kier molecular flexibility index (Phi) is 6.47. The first kappa shape index (κ1) is 19.6. The van der Waals surface area contributed by atoms with Crippen molar-refractivity contribution in [3.05, 3.63) is 29.0 Å². The first-order chi connectivity index (χ1) is 13.7. The van der Waals surface area contributed by atoms with E-state index in [1.807, 2.05) is 29.3 Å². The molecule has 3 heterocycles. The molecule has 6 heteroatoms. The highest BCUT2D eigenvalue weighted by atomic mass is 32.1. The van der Waals surface area contributed by atoms with E-state index in [-0.39, 0.29) is 5.91 Å². The third-order valence-electron chi connectivity index (χ3n) is 6.02. The third kappa shape index (κ3) is 5.03. The van der Waals surface area contributed by atoms with Crippen molar-refractivity contribution in [2.24, 2.45) is 5.92 Å². The molecule has 1 amide bonds. The molecule has 0 spiro atoms. The van der Waals surface area contributed by atoms with Crippen molar-refractivity contribution in [3.63, 3.8) is 0 Å². The van der Waals surface area contributed by atoms with Crippen LogP contribution in [0.5, 0.6) is 0 Å². The van der Waals surface area contributed by atoms with Crippen molar-refractivity contribution in [1.29, 1.82) is 0 Å². The average Bonchev–Trinajstić information content (AvgIpc) is 3.27. The highest BCUT2D eigenvalue weighted by Gasteiger charge is 2.23. The second-order valence-electron chi connectivity index (χ2n) is 8.27. The van der Waals surface area contributed by atoms with Gasteiger partial charge in [-0.1, -0.05) is 19.3 Å². The van der Waals surface area contributed by atoms with Gasteiger partial charge in [0.15, 0.2) is 10.8 Å². The molecule has 2 aromatic heterocycles. The summed E-state index contributed by atoms with van der Waals surface area (Å²) in [5.41, 5.74) is 0.849. The second kappa shape index (κ2) is 9.23. The lowest BCUT2D eigenvalue weighted by Crippen LogP contribution is -2.37. The molecule has 0 aromatic carbocycles. The minimum atomic E-state index is 0.201. The van der Waals surface area contributed by atoms with Crippen LogP contribution in [0, 0.1) is 12.8 Å². The van der Waals surface area contributed by atoms with Crippen molar-refractivity contribution in [3.8, 4) is 10.8 Å². The van der Waals surface area contributed by atoms with Crippen molar-refractivity contribution in [2.75, 3.05) is 32.7 Å². The molecule has 28 heavy (non-hydrogen) atoms. The Morgan fingerprint density at radius 1 is 1.14 bits per heavy atom. The molecular formula is C22H31N3O2S. The minimum absolute atomic E-state index is 0.201. The van der Waals surface area contributed by atoms with Crippen LogP contribution in [-0.4, -0.2) is 53.4 Å². The van der Waals surface area contributed by atoms with Gasteiger partial charge < -0.3 is 14.2 Å². The average molecular weight is 402 g/mol. The monoisotopic (exact) mass is 401 g/mol. The molecule has 2 aliphatic rings. The zero-order chi connectivity index (χ0) is 19.3. The van der Waals surface area contributed by atoms with E-state index in [9.17, 15) is 4.79 Å². The Morgan fingerprint density at radius 3 is 2.79 bits per heavy atom. The number of hydrogen-bond acceptors (Lipinski definition) is 5. The molecule has 0 atom stereocenters. The SMILES string of the molecule is Cc1ccc(-c2nc(CC(=O)N3CCCN(CC4CCCCC4)CC3)cs2)o1. The van der Waals surface area contributed by atoms with Gasteiger partial charge in [0, 0.05) is 31.6 Å². The number of nitrogens with zero attached hydrogens (tertiary/aromatic N) is 3. The van der Waals surface area contributed by atoms with Gasteiger partial charge in [-0.3, -0.25) is 4.79 Å². The summed E-state index contributed by atoms with van der Waals surface area (Å²) < 4.78 is 5.64. The quantitative estimate of drug-likeness (QED) is 0.746. The van der Waals surface area contributed by atoms with Crippen molar-refractivity contribution in [1.82, 2.24) is 14.8 Å². The fraction of sp³-hybridized carbons (Fsp3) is 0.636. The fourth-order valence-electron chi connectivity index (χ4n) is 4.46. The van der Waals surface area contributed by atoms with Crippen LogP contribution in [0.3, 0.4) is 0 Å². The standard InChI is InChI=1S/C22H31N3O2S/c1-17-8-9-20(27-17)22-23-19(16-28-22)14-21(26)25-11-5-10-24(12-13-25)15-18-6-3-2-4-7-18/h8-9,16,18H,2-7,10-15H2,1H3. The van der Waals surface area contributed by atoms with E-state index in [4.69, 9.17) is 4.42 Å². The number of aromatic nitrogens is 1. The van der Waals surface area contributed by atoms with Crippen LogP contribution < -0.4 is 0 Å². The molecule has 152 valence electrons. The number of aryl methyl sites for hydroxylation is 1. The van der Waals surface area contributed by atoms with Crippen molar-refractivity contribution < 1.29 is 9.21 Å². The number of amides is 1. The van der Waals surface area contributed by atoms with Crippen LogP contribution in [-0.2, 0) is 11.2 Å². The molecule has 2 aromatic rings. The van der Waals surface area contributed by atoms with E-state index in [1.54, 1.807) is 11.3 Å². The molecule has 0 unspecified atom stereocenters. The summed E-state index contributed by atoms with van der Waals surface area (Å²) in [7, 11) is 0. The smallest absolute Gasteiger partial charge is 0.228 e. The number of carbonyl (C=O) groups excluding carboxylic acids is 1. The van der Waals surface area contributed by atoms with Crippen LogP contribution in [0.1, 0.15) is 50.0 Å². The van der Waals surface area contributed by atoms with E-state index in [0.29, 0.717) is 6.42 Å². The van der Waals surface area contributed by atoms with Gasteiger partial charge in [-0.15, -0.1) is 11.3 Å². The molecule has 2 fully saturated rings. The summed E-state index contributed by atoms with van der Waals surface area (Å²) in [6, 6.07) is 3.88. The van der Waals surface area contributed by atoms with Gasteiger partial charge in [-0.2, -0.15) is 0 Å². The molecule has 1 aliphatic heterocycles. The number of furan rings is 1. The van der Waals surface area contributed by atoms with E-state index >= 15 is 0 Å². The molecular weight excluding hydrogens is 370 g/mol. The van der Waals surface area contributed by atoms with E-state index in [0.717, 1.165) is 60.7 Å². The summed E-state index contributed by atoms with van der Waals surface area (Å²) in [5, 5.41) is 2.84. The summed E-state index contributed by atoms with van der Waals surface area (Å²) in [6.45, 7) is 7.00. The zero-order valence-electron chi connectivity index (χ0n) is 16.9. The molecule has 0 radical (unpaired) electrons. The van der Waals surface area contributed by atoms with Crippen molar-refractivity contribution >= 4 is 17.2 Å². The number of rotatable bonds is 5. The molecule has 1 saturated heterocycles. The largest absolute Gasteiger partial charge is 0.459 e. The predicted octanol–water partition coefficient (Wildman–Crippen LogP) is 4.37. The minimum Gasteiger partial charge on any atom is -0.459 e. The summed E-state index contributed by atoms with van der Waals surface area (Å²) in [4.78, 5) is 22.1. The van der Waals surface area contributed by atoms with Gasteiger partial charge in [0.2, 0.25) is 5.91 Å². The van der Waals surface area contributed by atoms with E-state index in [1.165, 1.54) is 38.6 Å². The first-order valence-corrected chi connectivity index (χ1v) is 11.6. The lowest BCUT2D eigenvalue weighted by atomic mass is 9.89. The van der Waals surface area contributed by atoms with Crippen LogP contribution in [0.2, 0.25) is 0 Å². The van der Waals surface area contributed by atoms with Gasteiger partial charge in [-0.05, 0) is 50.8 Å². The lowest BCUT2D eigenvalue weighted by Gasteiger charge is -2.28. The number of thiazole rings is 1. The summed E-state index contributed by atoms with van der Waals surface area (Å²) in [6.07, 6.45) is 8.45. The van der Waals surface area contributed by atoms with Gasteiger partial charge in [-0.25, -0.2) is 4.98 Å². The Morgan fingerprint density at radius 2 is 2.00 bits per heavy atom. The summed E-state index contributed by atoms with van der Waals surface area (Å²) >= 11 is 1.54. The Balaban J connectivity index is 1.28. The molecule has 0 bridgehead atoms. The Labute approximate surface area is 171 Å². The van der Waals surface area contributed by atoms with E-state index < -0.39 is 0 Å². The topological polar surface area (TPSA) is 49.6 Å². The van der Waals surface area contributed by atoms with Crippen molar-refractivity contribution in [2.45, 2.75) is 51.9 Å². The molecule has 1 aliphatic carbocycles. The lowest BCUT2D eigenvalue weighted by molar-refractivity contribution is -0.130. The predicted molar refractivity (Wildman–Crippen MR) is 112 cm³/mol. The Bertz CT molecular complexity index is 778. The molecule has 5 nitrogen and oxygen atoms in total. The highest BCUT2D eigenvalue weighted by Crippen LogP contribution is 2.26. The highest BCUT2D eigenvalue weighted by molar-refractivity contribution is 7.13. The van der Waals surface area contributed by atoms with Crippen LogP contribution in [0.25, 0.3) is 10.8 Å². The third-order valence-corrected chi connectivity index (χ3v) is 6.92. The maximum absolute atomic E-state index is 12.8. The molecule has 1 saturated carbocycles. The molecule has 0 N–H and O–H groups in total. The van der Waals surface area contributed by atoms with Gasteiger partial charge in [0.25, 0.3) is 0 Å². The summed E-state index contributed by atoms with van der Waals surface area (Å²) in [5.74, 6) is 2.74. The maximum Gasteiger partial charge on any atom is 0.228 e. The number of carbonyl (C=O) groups is 1.